The number of aromatic amines is 1. The summed E-state index contributed by atoms with van der Waals surface area (Å²) in [6, 6.07) is 6.73. The third kappa shape index (κ3) is 2.06. The predicted octanol–water partition coefficient (Wildman–Crippen LogP) is 4.26. The molecule has 0 spiro atoms. The Labute approximate surface area is 128 Å². The van der Waals surface area contributed by atoms with Gasteiger partial charge in [-0.2, -0.15) is 0 Å². The van der Waals surface area contributed by atoms with Crippen molar-refractivity contribution in [2.75, 3.05) is 7.11 Å². The van der Waals surface area contributed by atoms with Gasteiger partial charge in [0.2, 0.25) is 0 Å². The summed E-state index contributed by atoms with van der Waals surface area (Å²) in [4.78, 5) is 7.88. The van der Waals surface area contributed by atoms with Crippen molar-refractivity contribution in [1.29, 1.82) is 0 Å². The Morgan fingerprint density at radius 3 is 2.91 bits per heavy atom. The van der Waals surface area contributed by atoms with Crippen LogP contribution in [-0.4, -0.2) is 17.1 Å². The van der Waals surface area contributed by atoms with Gasteiger partial charge < -0.3 is 9.72 Å². The first-order valence-electron chi connectivity index (χ1n) is 7.59. The second-order valence-electron chi connectivity index (χ2n) is 5.75. The molecule has 0 bridgehead atoms. The number of ether oxygens (including phenoxy) is 1. The van der Waals surface area contributed by atoms with Crippen molar-refractivity contribution in [3.05, 3.63) is 47.5 Å². The van der Waals surface area contributed by atoms with E-state index in [0.717, 1.165) is 18.4 Å². The van der Waals surface area contributed by atoms with E-state index in [1.165, 1.54) is 35.6 Å². The van der Waals surface area contributed by atoms with E-state index in [1.54, 1.807) is 19.2 Å². The van der Waals surface area contributed by atoms with E-state index in [-0.39, 0.29) is 5.82 Å². The molecule has 2 heterocycles. The van der Waals surface area contributed by atoms with Gasteiger partial charge in [-0.1, -0.05) is 0 Å². The summed E-state index contributed by atoms with van der Waals surface area (Å²) >= 11 is 0. The minimum absolute atomic E-state index is 0.281. The first-order chi connectivity index (χ1) is 10.8. The maximum atomic E-state index is 14.2. The number of halogens is 1. The molecule has 0 aliphatic heterocycles. The molecule has 22 heavy (non-hydrogen) atoms. The van der Waals surface area contributed by atoms with E-state index in [0.29, 0.717) is 17.0 Å². The average molecular weight is 296 g/mol. The molecular formula is C18H17FN2O. The van der Waals surface area contributed by atoms with Crippen LogP contribution in [-0.2, 0) is 12.8 Å². The molecule has 3 nitrogen and oxygen atoms in total. The molecule has 4 rings (SSSR count). The third-order valence-electron chi connectivity index (χ3n) is 4.43. The molecule has 1 aromatic carbocycles. The van der Waals surface area contributed by atoms with Gasteiger partial charge >= 0.3 is 0 Å². The van der Waals surface area contributed by atoms with Crippen molar-refractivity contribution in [3.63, 3.8) is 0 Å². The van der Waals surface area contributed by atoms with Crippen molar-refractivity contribution < 1.29 is 9.13 Å². The number of hydrogen-bond acceptors (Lipinski definition) is 2. The van der Waals surface area contributed by atoms with Gasteiger partial charge in [0.25, 0.3) is 0 Å². The fourth-order valence-corrected chi connectivity index (χ4v) is 3.28. The molecule has 2 aromatic heterocycles. The van der Waals surface area contributed by atoms with Crippen molar-refractivity contribution in [1.82, 2.24) is 9.97 Å². The molecule has 0 radical (unpaired) electrons. The second-order valence-corrected chi connectivity index (χ2v) is 5.75. The topological polar surface area (TPSA) is 37.9 Å². The first-order valence-corrected chi connectivity index (χ1v) is 7.59. The third-order valence-corrected chi connectivity index (χ3v) is 4.43. The highest BCUT2D eigenvalue weighted by Gasteiger charge is 2.17. The van der Waals surface area contributed by atoms with E-state index in [9.17, 15) is 4.39 Å². The number of benzene rings is 1. The van der Waals surface area contributed by atoms with Crippen LogP contribution in [0.1, 0.15) is 24.1 Å². The Hall–Kier alpha value is -2.36. The Bertz CT molecular complexity index is 854. The van der Waals surface area contributed by atoms with Crippen LogP contribution in [0.4, 0.5) is 4.39 Å². The maximum absolute atomic E-state index is 14.2. The van der Waals surface area contributed by atoms with Crippen molar-refractivity contribution in [2.24, 2.45) is 0 Å². The number of fused-ring (bicyclic) bond motifs is 3. The van der Waals surface area contributed by atoms with Gasteiger partial charge in [-0.15, -0.1) is 0 Å². The van der Waals surface area contributed by atoms with E-state index in [2.05, 4.69) is 9.97 Å². The minimum Gasteiger partial charge on any atom is -0.497 e. The molecule has 3 aromatic rings. The minimum atomic E-state index is -0.281. The molecule has 0 unspecified atom stereocenters. The summed E-state index contributed by atoms with van der Waals surface area (Å²) in [5.41, 5.74) is 4.85. The van der Waals surface area contributed by atoms with Gasteiger partial charge in [0, 0.05) is 16.6 Å². The van der Waals surface area contributed by atoms with E-state index >= 15 is 0 Å². The molecule has 112 valence electrons. The number of aryl methyl sites for hydroxylation is 2. The molecule has 0 saturated carbocycles. The number of nitrogens with zero attached hydrogens (tertiary/aromatic N) is 1. The molecule has 0 atom stereocenters. The monoisotopic (exact) mass is 296 g/mol. The van der Waals surface area contributed by atoms with E-state index in [1.807, 2.05) is 12.3 Å². The van der Waals surface area contributed by atoms with Crippen LogP contribution in [0.3, 0.4) is 0 Å². The summed E-state index contributed by atoms with van der Waals surface area (Å²) in [7, 11) is 1.58. The Balaban J connectivity index is 1.89. The lowest BCUT2D eigenvalue weighted by atomic mass is 9.95. The molecule has 0 saturated heterocycles. The largest absolute Gasteiger partial charge is 0.497 e. The molecule has 4 heteroatoms. The van der Waals surface area contributed by atoms with Crippen LogP contribution in [0.5, 0.6) is 5.75 Å². The predicted molar refractivity (Wildman–Crippen MR) is 84.7 cm³/mol. The van der Waals surface area contributed by atoms with Gasteiger partial charge in [-0.25, -0.2) is 4.39 Å². The normalized spacial score (nSPS) is 14.1. The van der Waals surface area contributed by atoms with Crippen molar-refractivity contribution in [3.8, 4) is 17.0 Å². The van der Waals surface area contributed by atoms with Gasteiger partial charge in [0.15, 0.2) is 0 Å². The first kappa shape index (κ1) is 13.3. The molecular weight excluding hydrogens is 279 g/mol. The zero-order valence-corrected chi connectivity index (χ0v) is 12.4. The number of aromatic nitrogens is 2. The van der Waals surface area contributed by atoms with Crippen LogP contribution in [0.15, 0.2) is 30.5 Å². The van der Waals surface area contributed by atoms with Crippen LogP contribution in [0.25, 0.3) is 22.2 Å². The van der Waals surface area contributed by atoms with E-state index in [4.69, 9.17) is 4.74 Å². The van der Waals surface area contributed by atoms with Crippen LogP contribution in [0.2, 0.25) is 0 Å². The SMILES string of the molecule is COc1ccc(F)c(-c2cc3c4c([nH]c3cn2)CCCC4)c1. The van der Waals surface area contributed by atoms with Crippen molar-refractivity contribution in [2.45, 2.75) is 25.7 Å². The number of hydrogen-bond donors (Lipinski definition) is 1. The molecule has 1 aliphatic rings. The molecule has 1 aliphatic carbocycles. The van der Waals surface area contributed by atoms with Crippen LogP contribution < -0.4 is 4.74 Å². The smallest absolute Gasteiger partial charge is 0.132 e. The number of methoxy groups -OCH3 is 1. The Morgan fingerprint density at radius 1 is 1.18 bits per heavy atom. The zero-order chi connectivity index (χ0) is 15.1. The highest BCUT2D eigenvalue weighted by Crippen LogP contribution is 2.32. The molecule has 1 N–H and O–H groups in total. The van der Waals surface area contributed by atoms with Gasteiger partial charge in [0.05, 0.1) is 24.5 Å². The van der Waals surface area contributed by atoms with E-state index < -0.39 is 0 Å². The lowest BCUT2D eigenvalue weighted by Crippen LogP contribution is -2.00. The number of rotatable bonds is 2. The number of pyridine rings is 1. The standard InChI is InChI=1S/C18H17FN2O/c1-22-11-6-7-15(19)14(8-11)17-9-13-12-4-2-3-5-16(12)21-18(13)10-20-17/h6-10,21H,2-5H2,1H3. The highest BCUT2D eigenvalue weighted by molar-refractivity contribution is 5.87. The Morgan fingerprint density at radius 2 is 2.05 bits per heavy atom. The fraction of sp³-hybridized carbons (Fsp3) is 0.278. The summed E-state index contributed by atoms with van der Waals surface area (Å²) in [5, 5.41) is 1.17. The molecule has 0 amide bonds. The van der Waals surface area contributed by atoms with Crippen LogP contribution >= 0.6 is 0 Å². The molecule has 0 fully saturated rings. The summed E-state index contributed by atoms with van der Waals surface area (Å²) < 4.78 is 19.3. The van der Waals surface area contributed by atoms with Gasteiger partial charge in [-0.05, 0) is 55.5 Å². The average Bonchev–Trinajstić information content (AvgIpc) is 2.93. The summed E-state index contributed by atoms with van der Waals surface area (Å²) in [5.74, 6) is 0.353. The fourth-order valence-electron chi connectivity index (χ4n) is 3.28. The van der Waals surface area contributed by atoms with Crippen LogP contribution in [0, 0.1) is 5.82 Å². The Kier molecular flexibility index (Phi) is 3.10. The number of nitrogens with one attached hydrogen (secondary N) is 1. The lowest BCUT2D eigenvalue weighted by Gasteiger charge is -2.10. The number of H-pyrrole nitrogens is 1. The van der Waals surface area contributed by atoms with Crippen molar-refractivity contribution >= 4 is 10.9 Å². The second kappa shape index (κ2) is 5.13. The summed E-state index contributed by atoms with van der Waals surface area (Å²) in [6.07, 6.45) is 6.42. The summed E-state index contributed by atoms with van der Waals surface area (Å²) in [6.45, 7) is 0. The lowest BCUT2D eigenvalue weighted by molar-refractivity contribution is 0.414. The highest BCUT2D eigenvalue weighted by atomic mass is 19.1. The quantitative estimate of drug-likeness (QED) is 0.767. The maximum Gasteiger partial charge on any atom is 0.132 e. The van der Waals surface area contributed by atoms with Gasteiger partial charge in [0.1, 0.15) is 11.6 Å². The van der Waals surface area contributed by atoms with Gasteiger partial charge in [-0.3, -0.25) is 4.98 Å². The zero-order valence-electron chi connectivity index (χ0n) is 12.4.